The third kappa shape index (κ3) is 2.09. The van der Waals surface area contributed by atoms with E-state index >= 15 is 0 Å². The lowest BCUT2D eigenvalue weighted by atomic mass is 9.73. The molecule has 1 aromatic rings. The first kappa shape index (κ1) is 11.9. The highest BCUT2D eigenvalue weighted by atomic mass is 15.2. The van der Waals surface area contributed by atoms with Crippen LogP contribution < -0.4 is 10.6 Å². The number of aryl methyl sites for hydroxylation is 1. The number of rotatable bonds is 1. The van der Waals surface area contributed by atoms with E-state index in [2.05, 4.69) is 30.0 Å². The zero-order valence-corrected chi connectivity index (χ0v) is 11.4. The maximum absolute atomic E-state index is 6.14. The van der Waals surface area contributed by atoms with Gasteiger partial charge in [-0.25, -0.2) is 0 Å². The van der Waals surface area contributed by atoms with Crippen LogP contribution in [-0.2, 0) is 0 Å². The SMILES string of the molecule is Cc1ccc(N2CC3(CCCCCC3)C2)c(N)c1. The summed E-state index contributed by atoms with van der Waals surface area (Å²) >= 11 is 0. The van der Waals surface area contributed by atoms with Crippen LogP contribution in [0.15, 0.2) is 18.2 Å². The summed E-state index contributed by atoms with van der Waals surface area (Å²) in [6.07, 6.45) is 8.59. The molecule has 0 aromatic heterocycles. The molecule has 2 nitrogen and oxygen atoms in total. The molecule has 1 spiro atoms. The molecule has 3 rings (SSSR count). The molecule has 2 heteroatoms. The molecule has 0 amide bonds. The largest absolute Gasteiger partial charge is 0.397 e. The van der Waals surface area contributed by atoms with Gasteiger partial charge in [-0.05, 0) is 37.5 Å². The summed E-state index contributed by atoms with van der Waals surface area (Å²) in [6, 6.07) is 6.45. The van der Waals surface area contributed by atoms with E-state index in [4.69, 9.17) is 5.73 Å². The predicted molar refractivity (Wildman–Crippen MR) is 77.9 cm³/mol. The van der Waals surface area contributed by atoms with Crippen molar-refractivity contribution < 1.29 is 0 Å². The van der Waals surface area contributed by atoms with Gasteiger partial charge in [-0.1, -0.05) is 31.7 Å². The fraction of sp³-hybridized carbons (Fsp3) is 0.625. The standard InChI is InChI=1S/C16H24N2/c1-13-6-7-15(14(17)10-13)18-11-16(12-18)8-4-2-3-5-9-16/h6-7,10H,2-5,8-9,11-12,17H2,1H3. The van der Waals surface area contributed by atoms with Gasteiger partial charge in [-0.15, -0.1) is 0 Å². The number of hydrogen-bond donors (Lipinski definition) is 1. The molecule has 2 fully saturated rings. The van der Waals surface area contributed by atoms with Crippen molar-refractivity contribution in [1.82, 2.24) is 0 Å². The lowest BCUT2D eigenvalue weighted by molar-refractivity contribution is 0.181. The number of nitrogen functional groups attached to an aromatic ring is 1. The second-order valence-electron chi connectivity index (χ2n) is 6.33. The topological polar surface area (TPSA) is 29.3 Å². The van der Waals surface area contributed by atoms with E-state index in [1.54, 1.807) is 0 Å². The normalized spacial score (nSPS) is 22.6. The van der Waals surface area contributed by atoms with Crippen molar-refractivity contribution in [3.63, 3.8) is 0 Å². The van der Waals surface area contributed by atoms with E-state index in [0.29, 0.717) is 5.41 Å². The maximum Gasteiger partial charge on any atom is 0.0600 e. The van der Waals surface area contributed by atoms with Crippen LogP contribution in [0.25, 0.3) is 0 Å². The highest BCUT2D eigenvalue weighted by Gasteiger charge is 2.42. The second kappa shape index (κ2) is 4.49. The van der Waals surface area contributed by atoms with Gasteiger partial charge in [0.05, 0.1) is 11.4 Å². The van der Waals surface area contributed by atoms with Crippen molar-refractivity contribution in [2.24, 2.45) is 5.41 Å². The monoisotopic (exact) mass is 244 g/mol. The van der Waals surface area contributed by atoms with Crippen molar-refractivity contribution in [2.45, 2.75) is 45.4 Å². The molecule has 0 unspecified atom stereocenters. The molecule has 18 heavy (non-hydrogen) atoms. The minimum atomic E-state index is 0.619. The quantitative estimate of drug-likeness (QED) is 0.763. The Morgan fingerprint density at radius 1 is 1.06 bits per heavy atom. The van der Waals surface area contributed by atoms with Gasteiger partial charge in [-0.3, -0.25) is 0 Å². The number of benzene rings is 1. The van der Waals surface area contributed by atoms with Gasteiger partial charge in [0, 0.05) is 18.5 Å². The smallest absolute Gasteiger partial charge is 0.0600 e. The molecule has 0 bridgehead atoms. The summed E-state index contributed by atoms with van der Waals surface area (Å²) in [4.78, 5) is 2.47. The van der Waals surface area contributed by atoms with Crippen molar-refractivity contribution in [3.05, 3.63) is 23.8 Å². The number of nitrogens with zero attached hydrogens (tertiary/aromatic N) is 1. The van der Waals surface area contributed by atoms with E-state index in [1.807, 2.05) is 0 Å². The van der Waals surface area contributed by atoms with Crippen LogP contribution in [0.5, 0.6) is 0 Å². The van der Waals surface area contributed by atoms with Crippen LogP contribution in [0.4, 0.5) is 11.4 Å². The van der Waals surface area contributed by atoms with Crippen LogP contribution >= 0.6 is 0 Å². The molecule has 1 saturated heterocycles. The van der Waals surface area contributed by atoms with Crippen LogP contribution in [0.1, 0.15) is 44.1 Å². The van der Waals surface area contributed by atoms with E-state index < -0.39 is 0 Å². The van der Waals surface area contributed by atoms with Crippen molar-refractivity contribution in [2.75, 3.05) is 23.7 Å². The first-order chi connectivity index (χ1) is 8.69. The highest BCUT2D eigenvalue weighted by molar-refractivity contribution is 5.69. The third-order valence-electron chi connectivity index (χ3n) is 4.74. The van der Waals surface area contributed by atoms with Gasteiger partial charge in [0.1, 0.15) is 0 Å². The summed E-state index contributed by atoms with van der Waals surface area (Å²) in [6.45, 7) is 4.55. The minimum Gasteiger partial charge on any atom is -0.397 e. The Labute approximate surface area is 110 Å². The Kier molecular flexibility index (Phi) is 2.96. The Hall–Kier alpha value is -1.18. The van der Waals surface area contributed by atoms with Crippen molar-refractivity contribution in [1.29, 1.82) is 0 Å². The average molecular weight is 244 g/mol. The Bertz CT molecular complexity index is 423. The molecular weight excluding hydrogens is 220 g/mol. The van der Waals surface area contributed by atoms with Crippen LogP contribution in [-0.4, -0.2) is 13.1 Å². The number of nitrogens with two attached hydrogens (primary N) is 1. The van der Waals surface area contributed by atoms with Crippen LogP contribution in [0.3, 0.4) is 0 Å². The predicted octanol–water partition coefficient (Wildman–Crippen LogP) is 3.74. The van der Waals surface area contributed by atoms with Crippen molar-refractivity contribution >= 4 is 11.4 Å². The van der Waals surface area contributed by atoms with Crippen LogP contribution in [0, 0.1) is 12.3 Å². The van der Waals surface area contributed by atoms with Crippen molar-refractivity contribution in [3.8, 4) is 0 Å². The molecule has 2 aliphatic rings. The molecule has 1 aliphatic carbocycles. The molecule has 0 radical (unpaired) electrons. The number of anilines is 2. The lowest BCUT2D eigenvalue weighted by Gasteiger charge is -2.52. The number of hydrogen-bond acceptors (Lipinski definition) is 2. The summed E-state index contributed by atoms with van der Waals surface area (Å²) in [7, 11) is 0. The van der Waals surface area contributed by atoms with Gasteiger partial charge < -0.3 is 10.6 Å². The molecular formula is C16H24N2. The molecule has 0 atom stereocenters. The molecule has 1 aliphatic heterocycles. The summed E-state index contributed by atoms with van der Waals surface area (Å²) in [5.74, 6) is 0. The fourth-order valence-electron chi connectivity index (χ4n) is 3.69. The summed E-state index contributed by atoms with van der Waals surface area (Å²) < 4.78 is 0. The van der Waals surface area contributed by atoms with Gasteiger partial charge in [-0.2, -0.15) is 0 Å². The van der Waals surface area contributed by atoms with E-state index in [9.17, 15) is 0 Å². The van der Waals surface area contributed by atoms with Crippen LogP contribution in [0.2, 0.25) is 0 Å². The second-order valence-corrected chi connectivity index (χ2v) is 6.33. The van der Waals surface area contributed by atoms with Gasteiger partial charge in [0.15, 0.2) is 0 Å². The van der Waals surface area contributed by atoms with Gasteiger partial charge in [0.2, 0.25) is 0 Å². The zero-order valence-electron chi connectivity index (χ0n) is 11.4. The molecule has 1 aromatic carbocycles. The average Bonchev–Trinajstić information content (AvgIpc) is 2.53. The minimum absolute atomic E-state index is 0.619. The zero-order chi connectivity index (χ0) is 12.6. The molecule has 1 saturated carbocycles. The van der Waals surface area contributed by atoms with Gasteiger partial charge in [0.25, 0.3) is 0 Å². The summed E-state index contributed by atoms with van der Waals surface area (Å²) in [5.41, 5.74) is 10.2. The van der Waals surface area contributed by atoms with E-state index in [1.165, 1.54) is 62.9 Å². The molecule has 2 N–H and O–H groups in total. The Balaban J connectivity index is 1.70. The first-order valence-corrected chi connectivity index (χ1v) is 7.30. The Morgan fingerprint density at radius 3 is 2.33 bits per heavy atom. The lowest BCUT2D eigenvalue weighted by Crippen LogP contribution is -2.56. The first-order valence-electron chi connectivity index (χ1n) is 7.30. The van der Waals surface area contributed by atoms with E-state index in [0.717, 1.165) is 5.69 Å². The fourth-order valence-corrected chi connectivity index (χ4v) is 3.69. The highest BCUT2D eigenvalue weighted by Crippen LogP contribution is 2.45. The molecule has 98 valence electrons. The van der Waals surface area contributed by atoms with E-state index in [-0.39, 0.29) is 0 Å². The van der Waals surface area contributed by atoms with Gasteiger partial charge >= 0.3 is 0 Å². The Morgan fingerprint density at radius 2 is 1.72 bits per heavy atom. The molecule has 1 heterocycles. The third-order valence-corrected chi connectivity index (χ3v) is 4.74. The maximum atomic E-state index is 6.14. The summed E-state index contributed by atoms with van der Waals surface area (Å²) in [5, 5.41) is 0.